The lowest BCUT2D eigenvalue weighted by Gasteiger charge is -2.26. The number of fused-ring (bicyclic) bond motifs is 4. The smallest absolute Gasteiger partial charge is 0.0598 e. The van der Waals surface area contributed by atoms with Gasteiger partial charge in [0.25, 0.3) is 0 Å². The number of rotatable bonds is 1. The molecule has 134 valence electrons. The molecule has 0 saturated carbocycles. The van der Waals surface area contributed by atoms with Gasteiger partial charge in [-0.15, -0.1) is 0 Å². The number of hydrogen-bond acceptors (Lipinski definition) is 0. The highest BCUT2D eigenvalue weighted by molar-refractivity contribution is 6.42. The molecule has 0 aliphatic heterocycles. The average Bonchev–Trinajstić information content (AvgIpc) is 2.68. The molecule has 0 fully saturated rings. The zero-order valence-corrected chi connectivity index (χ0v) is 16.8. The Bertz CT molecular complexity index is 1150. The Morgan fingerprint density at radius 1 is 0.815 bits per heavy atom. The molecule has 2 aliphatic carbocycles. The van der Waals surface area contributed by atoms with E-state index in [1.54, 1.807) is 5.57 Å². The third-order valence-corrected chi connectivity index (χ3v) is 6.58. The predicted octanol–water partition coefficient (Wildman–Crippen LogP) is 8.17. The normalized spacial score (nSPS) is 15.8. The van der Waals surface area contributed by atoms with E-state index in [0.717, 1.165) is 12.0 Å². The summed E-state index contributed by atoms with van der Waals surface area (Å²) in [5, 5.41) is 3.87. The van der Waals surface area contributed by atoms with Crippen LogP contribution in [0.25, 0.3) is 27.5 Å². The number of allylic oxidation sites excluding steroid dienone is 4. The first-order chi connectivity index (χ1) is 13.1. The fraction of sp³-hybridized carbons (Fsp3) is 0.200. The highest BCUT2D eigenvalue weighted by Gasteiger charge is 2.22. The third-order valence-electron chi connectivity index (χ3n) is 5.85. The molecule has 0 amide bonds. The van der Waals surface area contributed by atoms with Crippen molar-refractivity contribution in [2.75, 3.05) is 0 Å². The van der Waals surface area contributed by atoms with E-state index in [1.165, 1.54) is 57.9 Å². The molecule has 0 saturated heterocycles. The van der Waals surface area contributed by atoms with Crippen molar-refractivity contribution in [2.45, 2.75) is 32.6 Å². The summed E-state index contributed by atoms with van der Waals surface area (Å²) in [4.78, 5) is 0. The highest BCUT2D eigenvalue weighted by Crippen LogP contribution is 2.43. The maximum Gasteiger partial charge on any atom is 0.0598 e. The maximum absolute atomic E-state index is 6.34. The van der Waals surface area contributed by atoms with E-state index in [4.69, 9.17) is 23.2 Å². The van der Waals surface area contributed by atoms with E-state index in [-0.39, 0.29) is 0 Å². The van der Waals surface area contributed by atoms with Crippen LogP contribution in [0.15, 0.2) is 60.2 Å². The standard InChI is InChI=1S/C25H20Cl2/c1-15-12-18-7-9-20-19-5-3-2-4-16(19)6-10-21(20)25(18)22(13-15)17-8-11-23(26)24(27)14-17/h3,5,7-9,11-14H,2,4,6,10H2,1H3. The fourth-order valence-electron chi connectivity index (χ4n) is 4.62. The molecular weight excluding hydrogens is 371 g/mol. The second kappa shape index (κ2) is 6.55. The summed E-state index contributed by atoms with van der Waals surface area (Å²) in [6.45, 7) is 2.16. The monoisotopic (exact) mass is 390 g/mol. The van der Waals surface area contributed by atoms with Crippen LogP contribution < -0.4 is 0 Å². The van der Waals surface area contributed by atoms with Gasteiger partial charge < -0.3 is 0 Å². The molecule has 3 aromatic carbocycles. The molecule has 0 radical (unpaired) electrons. The minimum absolute atomic E-state index is 0.599. The van der Waals surface area contributed by atoms with Gasteiger partial charge in [0.05, 0.1) is 10.0 Å². The Kier molecular flexibility index (Phi) is 4.15. The first-order valence-electron chi connectivity index (χ1n) is 9.52. The molecule has 0 atom stereocenters. The van der Waals surface area contributed by atoms with Crippen molar-refractivity contribution in [2.24, 2.45) is 0 Å². The van der Waals surface area contributed by atoms with Gasteiger partial charge in [-0.25, -0.2) is 0 Å². The molecule has 3 aromatic rings. The van der Waals surface area contributed by atoms with Crippen LogP contribution in [0, 0.1) is 6.92 Å². The van der Waals surface area contributed by atoms with Crippen molar-refractivity contribution < 1.29 is 0 Å². The SMILES string of the molecule is Cc1cc(-c2ccc(Cl)c(Cl)c2)c2c3c(ccc2c1)C1=C(CCC=C1)CC3. The number of benzene rings is 3. The van der Waals surface area contributed by atoms with Gasteiger partial charge in [-0.05, 0) is 88.9 Å². The molecule has 2 heteroatoms. The van der Waals surface area contributed by atoms with Gasteiger partial charge in [0.1, 0.15) is 0 Å². The van der Waals surface area contributed by atoms with Crippen molar-refractivity contribution in [1.82, 2.24) is 0 Å². The highest BCUT2D eigenvalue weighted by atomic mass is 35.5. The number of halogens is 2. The second-order valence-electron chi connectivity index (χ2n) is 7.59. The summed E-state index contributed by atoms with van der Waals surface area (Å²) < 4.78 is 0. The first kappa shape index (κ1) is 17.1. The summed E-state index contributed by atoms with van der Waals surface area (Å²) >= 11 is 12.5. The van der Waals surface area contributed by atoms with Gasteiger partial charge in [-0.1, -0.05) is 71.3 Å². The van der Waals surface area contributed by atoms with Gasteiger partial charge in [0.15, 0.2) is 0 Å². The Morgan fingerprint density at radius 2 is 1.70 bits per heavy atom. The van der Waals surface area contributed by atoms with Gasteiger partial charge >= 0.3 is 0 Å². The summed E-state index contributed by atoms with van der Waals surface area (Å²) in [6.07, 6.45) is 9.30. The molecule has 0 nitrogen and oxygen atoms in total. The number of aryl methyl sites for hydroxylation is 2. The van der Waals surface area contributed by atoms with Crippen LogP contribution in [-0.4, -0.2) is 0 Å². The van der Waals surface area contributed by atoms with Crippen LogP contribution in [0.5, 0.6) is 0 Å². The lowest BCUT2D eigenvalue weighted by atomic mass is 9.78. The topological polar surface area (TPSA) is 0 Å². The Morgan fingerprint density at radius 3 is 2.56 bits per heavy atom. The molecule has 0 N–H and O–H groups in total. The summed E-state index contributed by atoms with van der Waals surface area (Å²) in [5.74, 6) is 0. The van der Waals surface area contributed by atoms with E-state index < -0.39 is 0 Å². The molecule has 0 heterocycles. The largest absolute Gasteiger partial charge is 0.0836 e. The van der Waals surface area contributed by atoms with Gasteiger partial charge in [-0.3, -0.25) is 0 Å². The van der Waals surface area contributed by atoms with Gasteiger partial charge in [0, 0.05) is 0 Å². The summed E-state index contributed by atoms with van der Waals surface area (Å²) in [7, 11) is 0. The lowest BCUT2D eigenvalue weighted by molar-refractivity contribution is 0.831. The molecule has 27 heavy (non-hydrogen) atoms. The van der Waals surface area contributed by atoms with E-state index in [1.807, 2.05) is 12.1 Å². The van der Waals surface area contributed by atoms with Crippen LogP contribution in [0.3, 0.4) is 0 Å². The molecule has 0 unspecified atom stereocenters. The lowest BCUT2D eigenvalue weighted by Crippen LogP contribution is -2.07. The molecule has 2 aliphatic rings. The van der Waals surface area contributed by atoms with Crippen molar-refractivity contribution in [3.05, 3.63) is 86.9 Å². The number of hydrogen-bond donors (Lipinski definition) is 0. The van der Waals surface area contributed by atoms with Crippen molar-refractivity contribution in [1.29, 1.82) is 0 Å². The van der Waals surface area contributed by atoms with Crippen LogP contribution in [0.2, 0.25) is 10.0 Å². The van der Waals surface area contributed by atoms with E-state index >= 15 is 0 Å². The van der Waals surface area contributed by atoms with Crippen LogP contribution in [0.1, 0.15) is 36.0 Å². The zero-order chi connectivity index (χ0) is 18.5. The molecule has 0 bridgehead atoms. The summed E-state index contributed by atoms with van der Waals surface area (Å²) in [6, 6.07) is 15.1. The Hall–Kier alpha value is -2.02. The van der Waals surface area contributed by atoms with E-state index in [9.17, 15) is 0 Å². The van der Waals surface area contributed by atoms with Gasteiger partial charge in [0.2, 0.25) is 0 Å². The quantitative estimate of drug-likeness (QED) is 0.392. The van der Waals surface area contributed by atoms with Crippen LogP contribution >= 0.6 is 23.2 Å². The van der Waals surface area contributed by atoms with Crippen LogP contribution in [-0.2, 0) is 6.42 Å². The predicted molar refractivity (Wildman–Crippen MR) is 118 cm³/mol. The van der Waals surface area contributed by atoms with Crippen molar-refractivity contribution in [3.63, 3.8) is 0 Å². The van der Waals surface area contributed by atoms with E-state index in [2.05, 4.69) is 49.4 Å². The molecule has 0 aromatic heterocycles. The van der Waals surface area contributed by atoms with Crippen molar-refractivity contribution in [3.8, 4) is 11.1 Å². The van der Waals surface area contributed by atoms with Gasteiger partial charge in [-0.2, -0.15) is 0 Å². The fourth-order valence-corrected chi connectivity index (χ4v) is 4.92. The van der Waals surface area contributed by atoms with Crippen molar-refractivity contribution >= 4 is 39.5 Å². The molecular formula is C25H20Cl2. The van der Waals surface area contributed by atoms with E-state index in [0.29, 0.717) is 10.0 Å². The third kappa shape index (κ3) is 2.83. The Balaban J connectivity index is 1.83. The molecule has 5 rings (SSSR count). The maximum atomic E-state index is 6.34. The molecule has 0 spiro atoms. The van der Waals surface area contributed by atoms with Crippen LogP contribution in [0.4, 0.5) is 0 Å². The summed E-state index contributed by atoms with van der Waals surface area (Å²) in [5.41, 5.74) is 9.59. The Labute approximate surface area is 170 Å². The minimum atomic E-state index is 0.599. The first-order valence-corrected chi connectivity index (χ1v) is 10.3. The minimum Gasteiger partial charge on any atom is -0.0836 e. The average molecular weight is 391 g/mol. The second-order valence-corrected chi connectivity index (χ2v) is 8.40. The zero-order valence-electron chi connectivity index (χ0n) is 15.3.